The second-order valence-electron chi connectivity index (χ2n) is 4.96. The molecule has 0 amide bonds. The highest BCUT2D eigenvalue weighted by Crippen LogP contribution is 2.24. The maximum atomic E-state index is 9.41. The Morgan fingerprint density at radius 2 is 1.56 bits per heavy atom. The van der Waals surface area contributed by atoms with Crippen molar-refractivity contribution in [2.24, 2.45) is 5.41 Å². The summed E-state index contributed by atoms with van der Waals surface area (Å²) < 4.78 is 0. The van der Waals surface area contributed by atoms with E-state index in [-0.39, 0.29) is 5.41 Å². The van der Waals surface area contributed by atoms with Gasteiger partial charge < -0.3 is 10.4 Å². The van der Waals surface area contributed by atoms with Gasteiger partial charge in [-0.05, 0) is 25.8 Å². The molecule has 0 aromatic heterocycles. The topological polar surface area (TPSA) is 32.3 Å². The summed E-state index contributed by atoms with van der Waals surface area (Å²) in [6, 6.07) is 0. The van der Waals surface area contributed by atoms with Crippen LogP contribution in [0.3, 0.4) is 0 Å². The van der Waals surface area contributed by atoms with Gasteiger partial charge in [0.1, 0.15) is 0 Å². The Kier molecular flexibility index (Phi) is 10.0. The van der Waals surface area contributed by atoms with Crippen LogP contribution in [-0.2, 0) is 0 Å². The first-order valence-corrected chi connectivity index (χ1v) is 7.06. The number of hydrogen-bond donors (Lipinski definition) is 2. The predicted octanol–water partition coefficient (Wildman–Crippen LogP) is 3.35. The molecule has 0 radical (unpaired) electrons. The van der Waals surface area contributed by atoms with E-state index in [4.69, 9.17) is 0 Å². The molecule has 2 N–H and O–H groups in total. The molecule has 0 unspecified atom stereocenters. The summed E-state index contributed by atoms with van der Waals surface area (Å²) in [4.78, 5) is 0. The van der Waals surface area contributed by atoms with Crippen LogP contribution in [0.4, 0.5) is 0 Å². The van der Waals surface area contributed by atoms with Crippen molar-refractivity contribution in [2.45, 2.75) is 65.7 Å². The fraction of sp³-hybridized carbons (Fsp3) is 1.00. The van der Waals surface area contributed by atoms with Gasteiger partial charge in [-0.25, -0.2) is 0 Å². The van der Waals surface area contributed by atoms with E-state index in [9.17, 15) is 5.11 Å². The lowest BCUT2D eigenvalue weighted by molar-refractivity contribution is 0.113. The van der Waals surface area contributed by atoms with Crippen LogP contribution < -0.4 is 5.32 Å². The van der Waals surface area contributed by atoms with Crippen LogP contribution in [-0.4, -0.2) is 24.8 Å². The van der Waals surface area contributed by atoms with E-state index in [2.05, 4.69) is 26.1 Å². The van der Waals surface area contributed by atoms with Crippen molar-refractivity contribution in [3.05, 3.63) is 0 Å². The highest BCUT2D eigenvalue weighted by molar-refractivity contribution is 4.77. The van der Waals surface area contributed by atoms with Crippen LogP contribution in [0, 0.1) is 5.41 Å². The summed E-state index contributed by atoms with van der Waals surface area (Å²) in [5, 5.41) is 12.9. The lowest BCUT2D eigenvalue weighted by atomic mass is 9.83. The molecular weight excluding hydrogens is 198 g/mol. The molecule has 0 aliphatic heterocycles. The molecular formula is C14H31NO. The summed E-state index contributed by atoms with van der Waals surface area (Å²) in [7, 11) is 0. The molecule has 0 saturated heterocycles. The van der Waals surface area contributed by atoms with E-state index in [0.717, 1.165) is 25.9 Å². The van der Waals surface area contributed by atoms with E-state index < -0.39 is 0 Å². The Balaban J connectivity index is 3.48. The molecule has 0 aromatic rings. The first-order valence-electron chi connectivity index (χ1n) is 7.06. The zero-order chi connectivity index (χ0) is 12.3. The van der Waals surface area contributed by atoms with Crippen LogP contribution in [0.1, 0.15) is 65.7 Å². The zero-order valence-corrected chi connectivity index (χ0v) is 11.5. The highest BCUT2D eigenvalue weighted by Gasteiger charge is 2.24. The monoisotopic (exact) mass is 229 g/mol. The van der Waals surface area contributed by atoms with Crippen LogP contribution >= 0.6 is 0 Å². The van der Waals surface area contributed by atoms with Gasteiger partial charge in [0.25, 0.3) is 0 Å². The van der Waals surface area contributed by atoms with Gasteiger partial charge in [0.15, 0.2) is 0 Å². The molecule has 0 fully saturated rings. The van der Waals surface area contributed by atoms with Crippen LogP contribution in [0.2, 0.25) is 0 Å². The molecule has 2 heteroatoms. The maximum absolute atomic E-state index is 9.41. The molecule has 16 heavy (non-hydrogen) atoms. The van der Waals surface area contributed by atoms with E-state index in [1.807, 2.05) is 0 Å². The zero-order valence-electron chi connectivity index (χ0n) is 11.5. The minimum absolute atomic E-state index is 0.115. The number of unbranched alkanes of at least 4 members (excludes halogenated alkanes) is 4. The standard InChI is InChI=1S/C14H31NO/c1-4-7-8-9-10-11-15-12-14(5-2,6-3)13-16/h15-16H,4-13H2,1-3H3. The van der Waals surface area contributed by atoms with Crippen molar-refractivity contribution >= 4 is 0 Å². The molecule has 0 bridgehead atoms. The molecule has 0 atom stereocenters. The second kappa shape index (κ2) is 10.1. The molecule has 0 aliphatic carbocycles. The fourth-order valence-electron chi connectivity index (χ4n) is 1.99. The molecule has 0 aliphatic rings. The highest BCUT2D eigenvalue weighted by atomic mass is 16.3. The SMILES string of the molecule is CCCCCCCNCC(CC)(CC)CO. The van der Waals surface area contributed by atoms with Gasteiger partial charge in [-0.1, -0.05) is 46.5 Å². The van der Waals surface area contributed by atoms with Crippen molar-refractivity contribution in [3.8, 4) is 0 Å². The first kappa shape index (κ1) is 15.9. The summed E-state index contributed by atoms with van der Waals surface area (Å²) in [5.74, 6) is 0. The third-order valence-electron chi connectivity index (χ3n) is 3.79. The van der Waals surface area contributed by atoms with E-state index >= 15 is 0 Å². The summed E-state index contributed by atoms with van der Waals surface area (Å²) in [6.45, 7) is 8.96. The number of nitrogens with one attached hydrogen (secondary N) is 1. The minimum Gasteiger partial charge on any atom is -0.396 e. The first-order chi connectivity index (χ1) is 7.74. The number of hydrogen-bond acceptors (Lipinski definition) is 2. The lowest BCUT2D eigenvalue weighted by Gasteiger charge is -2.29. The summed E-state index contributed by atoms with van der Waals surface area (Å²) in [6.07, 6.45) is 8.77. The van der Waals surface area contributed by atoms with Crippen LogP contribution in [0.15, 0.2) is 0 Å². The lowest BCUT2D eigenvalue weighted by Crippen LogP contribution is -2.36. The molecule has 2 nitrogen and oxygen atoms in total. The molecule has 98 valence electrons. The van der Waals surface area contributed by atoms with Gasteiger partial charge in [0.05, 0.1) is 0 Å². The Hall–Kier alpha value is -0.0800. The maximum Gasteiger partial charge on any atom is 0.0499 e. The van der Waals surface area contributed by atoms with Gasteiger partial charge >= 0.3 is 0 Å². The quantitative estimate of drug-likeness (QED) is 0.533. The number of aliphatic hydroxyl groups is 1. The fourth-order valence-corrected chi connectivity index (χ4v) is 1.99. The smallest absolute Gasteiger partial charge is 0.0499 e. The Morgan fingerprint density at radius 1 is 0.938 bits per heavy atom. The van der Waals surface area contributed by atoms with E-state index in [0.29, 0.717) is 6.61 Å². The molecule has 0 rings (SSSR count). The van der Waals surface area contributed by atoms with Crippen LogP contribution in [0.25, 0.3) is 0 Å². The Morgan fingerprint density at radius 3 is 2.06 bits per heavy atom. The van der Waals surface area contributed by atoms with Crippen molar-refractivity contribution in [1.82, 2.24) is 5.32 Å². The predicted molar refractivity (Wildman–Crippen MR) is 71.7 cm³/mol. The van der Waals surface area contributed by atoms with E-state index in [1.165, 1.54) is 32.1 Å². The van der Waals surface area contributed by atoms with Gasteiger partial charge in [0, 0.05) is 18.6 Å². The van der Waals surface area contributed by atoms with Crippen molar-refractivity contribution in [3.63, 3.8) is 0 Å². The molecule has 0 spiro atoms. The third kappa shape index (κ3) is 6.49. The molecule has 0 heterocycles. The Labute approximate surface area is 102 Å². The number of aliphatic hydroxyl groups excluding tert-OH is 1. The number of rotatable bonds is 11. The largest absolute Gasteiger partial charge is 0.396 e. The molecule has 0 aromatic carbocycles. The van der Waals surface area contributed by atoms with Gasteiger partial charge in [-0.2, -0.15) is 0 Å². The Bertz CT molecular complexity index is 135. The van der Waals surface area contributed by atoms with Gasteiger partial charge in [-0.15, -0.1) is 0 Å². The van der Waals surface area contributed by atoms with E-state index in [1.54, 1.807) is 0 Å². The average molecular weight is 229 g/mol. The summed E-state index contributed by atoms with van der Waals surface area (Å²) >= 11 is 0. The molecule has 0 saturated carbocycles. The summed E-state index contributed by atoms with van der Waals surface area (Å²) in [5.41, 5.74) is 0.115. The van der Waals surface area contributed by atoms with Crippen LogP contribution in [0.5, 0.6) is 0 Å². The van der Waals surface area contributed by atoms with Crippen molar-refractivity contribution in [1.29, 1.82) is 0 Å². The third-order valence-corrected chi connectivity index (χ3v) is 3.79. The average Bonchev–Trinajstić information content (AvgIpc) is 2.34. The minimum atomic E-state index is 0.115. The normalized spacial score (nSPS) is 12.0. The van der Waals surface area contributed by atoms with Crippen molar-refractivity contribution < 1.29 is 5.11 Å². The van der Waals surface area contributed by atoms with Gasteiger partial charge in [-0.3, -0.25) is 0 Å². The van der Waals surface area contributed by atoms with Gasteiger partial charge in [0.2, 0.25) is 0 Å². The second-order valence-corrected chi connectivity index (χ2v) is 4.96. The van der Waals surface area contributed by atoms with Crippen molar-refractivity contribution in [2.75, 3.05) is 19.7 Å².